The molecule has 0 unspecified atom stereocenters. The van der Waals surface area contributed by atoms with Crippen molar-refractivity contribution >= 4 is 44.4 Å². The number of aromatic nitrogens is 2. The minimum atomic E-state index is 0.482. The lowest BCUT2D eigenvalue weighted by Crippen LogP contribution is -2.28. The van der Waals surface area contributed by atoms with E-state index in [4.69, 9.17) is 16.4 Å². The molecule has 0 bridgehead atoms. The van der Waals surface area contributed by atoms with Gasteiger partial charge < -0.3 is 10.0 Å². The summed E-state index contributed by atoms with van der Waals surface area (Å²) < 4.78 is 2.60. The molecule has 5 heteroatoms. The van der Waals surface area contributed by atoms with Crippen LogP contribution in [-0.4, -0.2) is 11.3 Å². The quantitative estimate of drug-likeness (QED) is 0.418. The van der Waals surface area contributed by atoms with E-state index in [1.54, 1.807) is 10.8 Å². The summed E-state index contributed by atoms with van der Waals surface area (Å²) in [4.78, 5) is 5.74. The molecule has 0 radical (unpaired) electrons. The SMILES string of the molecule is CCOn1c2ccccc2c2c1c(Cl)c1ccccc1[n+]2[O-]. The van der Waals surface area contributed by atoms with Gasteiger partial charge >= 0.3 is 0 Å². The summed E-state index contributed by atoms with van der Waals surface area (Å²) >= 11 is 6.61. The number of benzene rings is 2. The Bertz CT molecular complexity index is 1020. The van der Waals surface area contributed by atoms with Crippen molar-refractivity contribution in [2.24, 2.45) is 0 Å². The Hall–Kier alpha value is -2.46. The zero-order valence-electron chi connectivity index (χ0n) is 11.9. The average Bonchev–Trinajstić information content (AvgIpc) is 2.88. The van der Waals surface area contributed by atoms with E-state index < -0.39 is 0 Å². The minimum absolute atomic E-state index is 0.482. The lowest BCUT2D eigenvalue weighted by atomic mass is 10.1. The van der Waals surface area contributed by atoms with Gasteiger partial charge in [0, 0.05) is 6.07 Å². The highest BCUT2D eigenvalue weighted by Gasteiger charge is 2.24. The highest BCUT2D eigenvalue weighted by atomic mass is 35.5. The predicted molar refractivity (Wildman–Crippen MR) is 88.0 cm³/mol. The van der Waals surface area contributed by atoms with Crippen LogP contribution in [0.2, 0.25) is 5.02 Å². The molecule has 0 spiro atoms. The molecule has 0 aliphatic rings. The Kier molecular flexibility index (Phi) is 2.87. The van der Waals surface area contributed by atoms with Crippen molar-refractivity contribution in [2.45, 2.75) is 6.92 Å². The summed E-state index contributed by atoms with van der Waals surface area (Å²) in [5.41, 5.74) is 2.53. The first-order chi connectivity index (χ1) is 10.7. The van der Waals surface area contributed by atoms with Crippen molar-refractivity contribution in [2.75, 3.05) is 6.61 Å². The van der Waals surface area contributed by atoms with Gasteiger partial charge in [-0.05, 0) is 25.1 Å². The van der Waals surface area contributed by atoms with Crippen molar-refractivity contribution in [3.05, 3.63) is 58.8 Å². The van der Waals surface area contributed by atoms with Crippen molar-refractivity contribution in [1.29, 1.82) is 0 Å². The van der Waals surface area contributed by atoms with Gasteiger partial charge in [-0.1, -0.05) is 35.9 Å². The van der Waals surface area contributed by atoms with Crippen LogP contribution in [0.25, 0.3) is 32.8 Å². The van der Waals surface area contributed by atoms with Gasteiger partial charge in [0.2, 0.25) is 5.52 Å². The molecular weight excluding hydrogens is 300 g/mol. The number of para-hydroxylation sites is 2. The van der Waals surface area contributed by atoms with Crippen molar-refractivity contribution < 1.29 is 9.57 Å². The fourth-order valence-electron chi connectivity index (χ4n) is 2.94. The van der Waals surface area contributed by atoms with Crippen LogP contribution in [0.4, 0.5) is 0 Å². The van der Waals surface area contributed by atoms with E-state index in [1.807, 2.05) is 49.4 Å². The van der Waals surface area contributed by atoms with Gasteiger partial charge in [0.15, 0.2) is 5.52 Å². The summed E-state index contributed by atoms with van der Waals surface area (Å²) in [6.07, 6.45) is 0. The largest absolute Gasteiger partial charge is 0.618 e. The second kappa shape index (κ2) is 4.78. The lowest BCUT2D eigenvalue weighted by Gasteiger charge is -2.09. The minimum Gasteiger partial charge on any atom is -0.618 e. The van der Waals surface area contributed by atoms with Gasteiger partial charge in [-0.25, -0.2) is 0 Å². The molecule has 0 fully saturated rings. The van der Waals surface area contributed by atoms with E-state index in [0.717, 1.165) is 21.0 Å². The highest BCUT2D eigenvalue weighted by molar-refractivity contribution is 6.40. The Morgan fingerprint density at radius 2 is 1.77 bits per heavy atom. The van der Waals surface area contributed by atoms with Gasteiger partial charge in [0.05, 0.1) is 21.3 Å². The molecule has 0 atom stereocenters. The van der Waals surface area contributed by atoms with E-state index in [2.05, 4.69) is 0 Å². The molecule has 0 aliphatic heterocycles. The first kappa shape index (κ1) is 13.2. The third kappa shape index (κ3) is 1.61. The normalized spacial score (nSPS) is 11.5. The monoisotopic (exact) mass is 312 g/mol. The molecule has 4 rings (SSSR count). The third-order valence-corrected chi connectivity index (χ3v) is 4.22. The number of halogens is 1. The lowest BCUT2D eigenvalue weighted by molar-refractivity contribution is -0.547. The second-order valence-corrected chi connectivity index (χ2v) is 5.43. The molecular formula is C17H13ClN2O2. The first-order valence-electron chi connectivity index (χ1n) is 7.10. The summed E-state index contributed by atoms with van der Waals surface area (Å²) in [5, 5.41) is 14.9. The van der Waals surface area contributed by atoms with Crippen LogP contribution in [0.15, 0.2) is 48.5 Å². The summed E-state index contributed by atoms with van der Waals surface area (Å²) in [5.74, 6) is 0. The van der Waals surface area contributed by atoms with E-state index in [9.17, 15) is 5.21 Å². The van der Waals surface area contributed by atoms with Gasteiger partial charge in [-0.2, -0.15) is 9.46 Å². The van der Waals surface area contributed by atoms with Gasteiger partial charge in [0.1, 0.15) is 6.61 Å². The van der Waals surface area contributed by atoms with Gasteiger partial charge in [-0.15, -0.1) is 0 Å². The Morgan fingerprint density at radius 3 is 2.55 bits per heavy atom. The molecule has 0 saturated heterocycles. The average molecular weight is 313 g/mol. The number of fused-ring (bicyclic) bond motifs is 4. The summed E-state index contributed by atoms with van der Waals surface area (Å²) in [7, 11) is 0. The van der Waals surface area contributed by atoms with Crippen LogP contribution >= 0.6 is 11.6 Å². The molecule has 0 amide bonds. The third-order valence-electron chi connectivity index (χ3n) is 3.83. The topological polar surface area (TPSA) is 41.1 Å². The fourth-order valence-corrected chi connectivity index (χ4v) is 3.27. The van der Waals surface area contributed by atoms with Gasteiger partial charge in [-0.3, -0.25) is 0 Å². The standard InChI is InChI=1S/C17H13ClN2O2/c1-2-22-20-14-10-6-4-8-12(14)16-17(20)15(18)11-7-3-5-9-13(11)19(16)21/h3-10H,2H2,1H3. The van der Waals surface area contributed by atoms with Crippen LogP contribution in [0.3, 0.4) is 0 Å². The van der Waals surface area contributed by atoms with E-state index >= 15 is 0 Å². The molecule has 2 aromatic heterocycles. The zero-order chi connectivity index (χ0) is 15.3. The zero-order valence-corrected chi connectivity index (χ0v) is 12.7. The number of pyridine rings is 1. The van der Waals surface area contributed by atoms with Crippen molar-refractivity contribution in [1.82, 2.24) is 4.73 Å². The number of hydrogen-bond donors (Lipinski definition) is 0. The summed E-state index contributed by atoms with van der Waals surface area (Å²) in [6.45, 7) is 2.39. The Balaban J connectivity index is 2.35. The molecule has 4 aromatic rings. The number of nitrogens with zero attached hydrogens (tertiary/aromatic N) is 2. The molecule has 2 heterocycles. The van der Waals surface area contributed by atoms with Crippen molar-refractivity contribution in [3.8, 4) is 0 Å². The molecule has 110 valence electrons. The highest BCUT2D eigenvalue weighted by Crippen LogP contribution is 2.34. The molecule has 0 N–H and O–H groups in total. The molecule has 2 aromatic carbocycles. The van der Waals surface area contributed by atoms with Crippen LogP contribution in [0.1, 0.15) is 6.92 Å². The second-order valence-electron chi connectivity index (χ2n) is 5.05. The maximum Gasteiger partial charge on any atom is 0.255 e. The molecule has 4 nitrogen and oxygen atoms in total. The Morgan fingerprint density at radius 1 is 1.09 bits per heavy atom. The molecule has 22 heavy (non-hydrogen) atoms. The predicted octanol–water partition coefficient (Wildman–Crippen LogP) is 3.68. The number of hydrogen-bond acceptors (Lipinski definition) is 2. The first-order valence-corrected chi connectivity index (χ1v) is 7.48. The van der Waals surface area contributed by atoms with E-state index in [0.29, 0.717) is 28.2 Å². The number of rotatable bonds is 2. The van der Waals surface area contributed by atoms with Crippen LogP contribution in [-0.2, 0) is 0 Å². The molecule has 0 saturated carbocycles. The molecule has 0 aliphatic carbocycles. The Labute approximate surface area is 131 Å². The maximum absolute atomic E-state index is 12.9. The maximum atomic E-state index is 12.9. The smallest absolute Gasteiger partial charge is 0.255 e. The van der Waals surface area contributed by atoms with E-state index in [1.165, 1.54) is 0 Å². The van der Waals surface area contributed by atoms with E-state index in [-0.39, 0.29) is 0 Å². The van der Waals surface area contributed by atoms with Crippen LogP contribution in [0, 0.1) is 5.21 Å². The summed E-state index contributed by atoms with van der Waals surface area (Å²) in [6, 6.07) is 15.0. The van der Waals surface area contributed by atoms with Gasteiger partial charge in [0.25, 0.3) is 5.52 Å². The van der Waals surface area contributed by atoms with Crippen molar-refractivity contribution in [3.63, 3.8) is 0 Å². The fraction of sp³-hybridized carbons (Fsp3) is 0.118. The van der Waals surface area contributed by atoms with Crippen LogP contribution in [0.5, 0.6) is 0 Å². The van der Waals surface area contributed by atoms with Crippen LogP contribution < -0.4 is 9.57 Å².